The van der Waals surface area contributed by atoms with Crippen molar-refractivity contribution in [3.8, 4) is 0 Å². The fourth-order valence-electron chi connectivity index (χ4n) is 2.03. The van der Waals surface area contributed by atoms with Gasteiger partial charge in [0.2, 0.25) is 0 Å². The van der Waals surface area contributed by atoms with Crippen LogP contribution in [0, 0.1) is 16.0 Å². The van der Waals surface area contributed by atoms with Crippen LogP contribution in [0.5, 0.6) is 0 Å². The third-order valence-electron chi connectivity index (χ3n) is 3.31. The van der Waals surface area contributed by atoms with Gasteiger partial charge in [0.15, 0.2) is 0 Å². The minimum atomic E-state index is -0.362. The van der Waals surface area contributed by atoms with E-state index in [0.29, 0.717) is 6.04 Å². The second-order valence-electron chi connectivity index (χ2n) is 4.43. The predicted molar refractivity (Wildman–Crippen MR) is 63.5 cm³/mol. The Balaban J connectivity index is 2.02. The molecule has 0 aliphatic heterocycles. The minimum absolute atomic E-state index is 0.144. The molecule has 0 bridgehead atoms. The average Bonchev–Trinajstić information content (AvgIpc) is 2.15. The molecule has 0 spiro atoms. The lowest BCUT2D eigenvalue weighted by molar-refractivity contribution is -0.384. The summed E-state index contributed by atoms with van der Waals surface area (Å²) in [5, 5.41) is 14.0. The van der Waals surface area contributed by atoms with E-state index in [2.05, 4.69) is 12.2 Å². The summed E-state index contributed by atoms with van der Waals surface area (Å²) in [5.41, 5.74) is 0.986. The number of rotatable bonds is 4. The Labute approximate surface area is 94.8 Å². The topological polar surface area (TPSA) is 55.2 Å². The molecule has 1 aliphatic rings. The Morgan fingerprint density at radius 1 is 1.50 bits per heavy atom. The Kier molecular flexibility index (Phi) is 3.08. The van der Waals surface area contributed by atoms with Gasteiger partial charge in [-0.3, -0.25) is 10.1 Å². The summed E-state index contributed by atoms with van der Waals surface area (Å²) >= 11 is 0. The maximum atomic E-state index is 10.6. The molecule has 1 fully saturated rings. The number of nitro benzene ring substituents is 1. The summed E-state index contributed by atoms with van der Waals surface area (Å²) in [5.74, 6) is 0.722. The Morgan fingerprint density at radius 2 is 2.25 bits per heavy atom. The van der Waals surface area contributed by atoms with Crippen molar-refractivity contribution in [3.05, 3.63) is 34.4 Å². The van der Waals surface area contributed by atoms with Crippen molar-refractivity contribution < 1.29 is 4.92 Å². The van der Waals surface area contributed by atoms with Crippen LogP contribution >= 0.6 is 0 Å². The summed E-state index contributed by atoms with van der Waals surface area (Å²) in [6, 6.07) is 7.10. The SMILES string of the molecule is CC(Nc1cccc([N+](=O)[O-])c1)C1CCC1. The molecule has 0 aromatic heterocycles. The van der Waals surface area contributed by atoms with Crippen LogP contribution < -0.4 is 5.32 Å². The van der Waals surface area contributed by atoms with Crippen LogP contribution in [0.25, 0.3) is 0 Å². The molecule has 2 rings (SSSR count). The van der Waals surface area contributed by atoms with Gasteiger partial charge < -0.3 is 5.32 Å². The maximum Gasteiger partial charge on any atom is 0.271 e. The van der Waals surface area contributed by atoms with E-state index < -0.39 is 0 Å². The molecule has 1 aliphatic carbocycles. The smallest absolute Gasteiger partial charge is 0.271 e. The number of nitro groups is 1. The van der Waals surface area contributed by atoms with Gasteiger partial charge in [0, 0.05) is 23.9 Å². The van der Waals surface area contributed by atoms with Crippen molar-refractivity contribution in [1.82, 2.24) is 0 Å². The first kappa shape index (κ1) is 10.9. The molecule has 0 radical (unpaired) electrons. The third-order valence-corrected chi connectivity index (χ3v) is 3.31. The van der Waals surface area contributed by atoms with Crippen molar-refractivity contribution in [3.63, 3.8) is 0 Å². The highest BCUT2D eigenvalue weighted by Crippen LogP contribution is 2.31. The zero-order chi connectivity index (χ0) is 11.5. The molecule has 0 amide bonds. The highest BCUT2D eigenvalue weighted by atomic mass is 16.6. The van der Waals surface area contributed by atoms with Gasteiger partial charge in [-0.15, -0.1) is 0 Å². The van der Waals surface area contributed by atoms with Gasteiger partial charge in [0.25, 0.3) is 5.69 Å². The molecule has 4 heteroatoms. The number of hydrogen-bond acceptors (Lipinski definition) is 3. The molecular formula is C12H16N2O2. The maximum absolute atomic E-state index is 10.6. The molecule has 0 saturated heterocycles. The summed E-state index contributed by atoms with van der Waals surface area (Å²) in [4.78, 5) is 10.3. The van der Waals surface area contributed by atoms with E-state index in [-0.39, 0.29) is 10.6 Å². The number of anilines is 1. The Hall–Kier alpha value is -1.58. The first-order valence-electron chi connectivity index (χ1n) is 5.68. The molecule has 1 unspecified atom stereocenters. The predicted octanol–water partition coefficient (Wildman–Crippen LogP) is 3.20. The van der Waals surface area contributed by atoms with Gasteiger partial charge in [-0.25, -0.2) is 0 Å². The average molecular weight is 220 g/mol. The third kappa shape index (κ3) is 2.32. The summed E-state index contributed by atoms with van der Waals surface area (Å²) in [6.07, 6.45) is 3.85. The molecule has 16 heavy (non-hydrogen) atoms. The molecule has 86 valence electrons. The van der Waals surface area contributed by atoms with Crippen LogP contribution in [0.15, 0.2) is 24.3 Å². The summed E-state index contributed by atoms with van der Waals surface area (Å²) in [7, 11) is 0. The number of hydrogen-bond donors (Lipinski definition) is 1. The second-order valence-corrected chi connectivity index (χ2v) is 4.43. The first-order valence-corrected chi connectivity index (χ1v) is 5.68. The molecule has 0 heterocycles. The van der Waals surface area contributed by atoms with Gasteiger partial charge in [0.1, 0.15) is 0 Å². The van der Waals surface area contributed by atoms with E-state index in [1.165, 1.54) is 25.3 Å². The molecule has 1 atom stereocenters. The monoisotopic (exact) mass is 220 g/mol. The molecule has 4 nitrogen and oxygen atoms in total. The standard InChI is InChI=1S/C12H16N2O2/c1-9(10-4-2-5-10)13-11-6-3-7-12(8-11)14(15)16/h3,6-10,13H,2,4-5H2,1H3. The number of benzene rings is 1. The number of nitrogens with zero attached hydrogens (tertiary/aromatic N) is 1. The normalized spacial score (nSPS) is 17.6. The van der Waals surface area contributed by atoms with Crippen LogP contribution in [-0.2, 0) is 0 Å². The second kappa shape index (κ2) is 4.51. The quantitative estimate of drug-likeness (QED) is 0.626. The van der Waals surface area contributed by atoms with Gasteiger partial charge >= 0.3 is 0 Å². The fraction of sp³-hybridized carbons (Fsp3) is 0.500. The summed E-state index contributed by atoms with van der Waals surface area (Å²) in [6.45, 7) is 2.14. The van der Waals surface area contributed by atoms with Gasteiger partial charge in [-0.05, 0) is 31.7 Å². The van der Waals surface area contributed by atoms with Crippen LogP contribution in [0.3, 0.4) is 0 Å². The van der Waals surface area contributed by atoms with E-state index in [0.717, 1.165) is 11.6 Å². The van der Waals surface area contributed by atoms with Crippen LogP contribution in [0.4, 0.5) is 11.4 Å². The van der Waals surface area contributed by atoms with Gasteiger partial charge in [-0.1, -0.05) is 12.5 Å². The first-order chi connectivity index (χ1) is 7.66. The zero-order valence-electron chi connectivity index (χ0n) is 9.35. The zero-order valence-corrected chi connectivity index (χ0v) is 9.35. The van der Waals surface area contributed by atoms with Crippen molar-refractivity contribution in [2.45, 2.75) is 32.2 Å². The van der Waals surface area contributed by atoms with E-state index in [9.17, 15) is 10.1 Å². The number of non-ortho nitro benzene ring substituents is 1. The minimum Gasteiger partial charge on any atom is -0.382 e. The Bertz CT molecular complexity index is 388. The van der Waals surface area contributed by atoms with Gasteiger partial charge in [-0.2, -0.15) is 0 Å². The lowest BCUT2D eigenvalue weighted by Crippen LogP contribution is -2.30. The highest BCUT2D eigenvalue weighted by molar-refractivity contribution is 5.51. The molecule has 1 saturated carbocycles. The number of nitrogens with one attached hydrogen (secondary N) is 1. The summed E-state index contributed by atoms with van der Waals surface area (Å²) < 4.78 is 0. The molecule has 1 N–H and O–H groups in total. The van der Waals surface area contributed by atoms with E-state index >= 15 is 0 Å². The lowest BCUT2D eigenvalue weighted by atomic mass is 9.80. The molecule has 1 aromatic rings. The molecular weight excluding hydrogens is 204 g/mol. The highest BCUT2D eigenvalue weighted by Gasteiger charge is 2.23. The van der Waals surface area contributed by atoms with Crippen molar-refractivity contribution in [2.75, 3.05) is 5.32 Å². The van der Waals surface area contributed by atoms with Crippen LogP contribution in [0.1, 0.15) is 26.2 Å². The van der Waals surface area contributed by atoms with E-state index in [1.54, 1.807) is 12.1 Å². The Morgan fingerprint density at radius 3 is 2.81 bits per heavy atom. The lowest BCUT2D eigenvalue weighted by Gasteiger charge is -2.32. The van der Waals surface area contributed by atoms with Gasteiger partial charge in [0.05, 0.1) is 4.92 Å². The van der Waals surface area contributed by atoms with Crippen LogP contribution in [-0.4, -0.2) is 11.0 Å². The van der Waals surface area contributed by atoms with Crippen LogP contribution in [0.2, 0.25) is 0 Å². The fourth-order valence-corrected chi connectivity index (χ4v) is 2.03. The van der Waals surface area contributed by atoms with Crippen molar-refractivity contribution >= 4 is 11.4 Å². The largest absolute Gasteiger partial charge is 0.382 e. The molecule has 1 aromatic carbocycles. The van der Waals surface area contributed by atoms with E-state index in [1.807, 2.05) is 6.07 Å². The van der Waals surface area contributed by atoms with E-state index in [4.69, 9.17) is 0 Å². The van der Waals surface area contributed by atoms with Crippen molar-refractivity contribution in [1.29, 1.82) is 0 Å². The van der Waals surface area contributed by atoms with Crippen molar-refractivity contribution in [2.24, 2.45) is 5.92 Å².